The fourth-order valence-corrected chi connectivity index (χ4v) is 2.35. The third kappa shape index (κ3) is 2.76. The van der Waals surface area contributed by atoms with E-state index < -0.39 is 0 Å². The van der Waals surface area contributed by atoms with Crippen molar-refractivity contribution in [2.24, 2.45) is 0 Å². The Labute approximate surface area is 101 Å². The Balaban J connectivity index is 2.08. The van der Waals surface area contributed by atoms with Gasteiger partial charge in [0.05, 0.1) is 6.61 Å². The van der Waals surface area contributed by atoms with Crippen molar-refractivity contribution in [1.82, 2.24) is 5.32 Å². The maximum absolute atomic E-state index is 13.2. The molecule has 0 saturated heterocycles. The number of aliphatic hydroxyl groups excluding tert-OH is 1. The lowest BCUT2D eigenvalue weighted by Crippen LogP contribution is -2.42. The first-order chi connectivity index (χ1) is 8.24. The first kappa shape index (κ1) is 12.3. The Morgan fingerprint density at radius 3 is 3.06 bits per heavy atom. The molecule has 1 aliphatic heterocycles. The molecule has 2 rings (SSSR count). The second-order valence-electron chi connectivity index (χ2n) is 4.41. The number of rotatable bonds is 5. The number of likely N-dealkylation sites (N-methyl/N-ethyl adjacent to an activating group) is 1. The predicted molar refractivity (Wildman–Crippen MR) is 66.9 cm³/mol. The van der Waals surface area contributed by atoms with Gasteiger partial charge >= 0.3 is 0 Å². The van der Waals surface area contributed by atoms with Crippen molar-refractivity contribution in [3.8, 4) is 0 Å². The summed E-state index contributed by atoms with van der Waals surface area (Å²) in [4.78, 5) is 2.14. The summed E-state index contributed by atoms with van der Waals surface area (Å²) in [5, 5.41) is 12.5. The summed E-state index contributed by atoms with van der Waals surface area (Å²) in [5.41, 5.74) is 2.17. The maximum Gasteiger partial charge on any atom is 0.125 e. The molecule has 94 valence electrons. The first-order valence-electron chi connectivity index (χ1n) is 6.12. The quantitative estimate of drug-likeness (QED) is 0.808. The number of hydrogen-bond acceptors (Lipinski definition) is 3. The summed E-state index contributed by atoms with van der Waals surface area (Å²) >= 11 is 0. The average Bonchev–Trinajstić information content (AvgIpc) is 2.71. The highest BCUT2D eigenvalue weighted by atomic mass is 19.1. The van der Waals surface area contributed by atoms with Crippen LogP contribution in [-0.4, -0.2) is 37.4 Å². The summed E-state index contributed by atoms with van der Waals surface area (Å²) in [6.07, 6.45) is 0.958. The summed E-state index contributed by atoms with van der Waals surface area (Å²) in [6, 6.07) is 5.00. The van der Waals surface area contributed by atoms with Gasteiger partial charge < -0.3 is 15.3 Å². The van der Waals surface area contributed by atoms with E-state index in [4.69, 9.17) is 0 Å². The van der Waals surface area contributed by atoms with Gasteiger partial charge in [0.25, 0.3) is 0 Å². The molecule has 1 atom stereocenters. The van der Waals surface area contributed by atoms with Crippen molar-refractivity contribution in [3.05, 3.63) is 29.6 Å². The van der Waals surface area contributed by atoms with Gasteiger partial charge in [-0.3, -0.25) is 0 Å². The second kappa shape index (κ2) is 5.47. The highest BCUT2D eigenvalue weighted by molar-refractivity contribution is 5.58. The van der Waals surface area contributed by atoms with Gasteiger partial charge in [-0.1, -0.05) is 13.0 Å². The van der Waals surface area contributed by atoms with Crippen molar-refractivity contribution in [2.75, 3.05) is 31.1 Å². The Kier molecular flexibility index (Phi) is 3.97. The van der Waals surface area contributed by atoms with Crippen LogP contribution in [0, 0.1) is 5.82 Å². The molecule has 3 nitrogen and oxygen atoms in total. The lowest BCUT2D eigenvalue weighted by atomic mass is 10.1. The minimum absolute atomic E-state index is 0.0502. The van der Waals surface area contributed by atoms with Gasteiger partial charge in [0.1, 0.15) is 5.82 Å². The van der Waals surface area contributed by atoms with Gasteiger partial charge in [-0.05, 0) is 30.7 Å². The van der Waals surface area contributed by atoms with E-state index in [1.54, 1.807) is 6.07 Å². The Bertz CT molecular complexity index is 384. The lowest BCUT2D eigenvalue weighted by Gasteiger charge is -2.25. The predicted octanol–water partition coefficient (Wildman–Crippen LogP) is 1.16. The van der Waals surface area contributed by atoms with E-state index in [-0.39, 0.29) is 18.5 Å². The minimum atomic E-state index is -0.195. The molecule has 0 saturated carbocycles. The van der Waals surface area contributed by atoms with Crippen molar-refractivity contribution in [1.29, 1.82) is 0 Å². The van der Waals surface area contributed by atoms with Crippen molar-refractivity contribution in [3.63, 3.8) is 0 Å². The number of benzene rings is 1. The fourth-order valence-electron chi connectivity index (χ4n) is 2.35. The molecule has 0 aromatic heterocycles. The normalized spacial score (nSPS) is 16.1. The summed E-state index contributed by atoms with van der Waals surface area (Å²) < 4.78 is 13.2. The topological polar surface area (TPSA) is 35.5 Å². The average molecular weight is 238 g/mol. The maximum atomic E-state index is 13.2. The SMILES string of the molecule is CCNC(CO)CN1CCc2ccc(F)cc21. The zero-order valence-electron chi connectivity index (χ0n) is 10.1. The molecule has 0 aliphatic carbocycles. The van der Waals surface area contributed by atoms with Crippen LogP contribution in [0.4, 0.5) is 10.1 Å². The van der Waals surface area contributed by atoms with E-state index in [9.17, 15) is 9.50 Å². The van der Waals surface area contributed by atoms with E-state index >= 15 is 0 Å². The first-order valence-corrected chi connectivity index (χ1v) is 6.12. The van der Waals surface area contributed by atoms with Crippen molar-refractivity contribution in [2.45, 2.75) is 19.4 Å². The van der Waals surface area contributed by atoms with Crippen LogP contribution in [0.3, 0.4) is 0 Å². The zero-order chi connectivity index (χ0) is 12.3. The summed E-state index contributed by atoms with van der Waals surface area (Å²) in [5.74, 6) is -0.195. The van der Waals surface area contributed by atoms with E-state index in [0.29, 0.717) is 0 Å². The molecule has 1 aromatic rings. The van der Waals surface area contributed by atoms with E-state index in [2.05, 4.69) is 10.2 Å². The molecular weight excluding hydrogens is 219 g/mol. The molecular formula is C13H19FN2O. The molecule has 0 bridgehead atoms. The molecule has 1 aliphatic rings. The minimum Gasteiger partial charge on any atom is -0.395 e. The lowest BCUT2D eigenvalue weighted by molar-refractivity contribution is 0.246. The summed E-state index contributed by atoms with van der Waals surface area (Å²) in [6.45, 7) is 4.58. The van der Waals surface area contributed by atoms with Crippen LogP contribution in [-0.2, 0) is 6.42 Å². The van der Waals surface area contributed by atoms with Gasteiger partial charge in [-0.2, -0.15) is 0 Å². The molecule has 17 heavy (non-hydrogen) atoms. The number of nitrogens with one attached hydrogen (secondary N) is 1. The van der Waals surface area contributed by atoms with Gasteiger partial charge in [0.2, 0.25) is 0 Å². The molecule has 0 spiro atoms. The van der Waals surface area contributed by atoms with Crippen molar-refractivity contribution >= 4 is 5.69 Å². The van der Waals surface area contributed by atoms with E-state index in [0.717, 1.165) is 31.7 Å². The zero-order valence-corrected chi connectivity index (χ0v) is 10.1. The Morgan fingerprint density at radius 2 is 2.35 bits per heavy atom. The third-order valence-corrected chi connectivity index (χ3v) is 3.19. The van der Waals surface area contributed by atoms with Gasteiger partial charge in [-0.15, -0.1) is 0 Å². The van der Waals surface area contributed by atoms with Crippen LogP contribution in [0.2, 0.25) is 0 Å². The second-order valence-corrected chi connectivity index (χ2v) is 4.41. The largest absolute Gasteiger partial charge is 0.395 e. The number of nitrogens with zero attached hydrogens (tertiary/aromatic N) is 1. The van der Waals surface area contributed by atoms with Crippen LogP contribution in [0.15, 0.2) is 18.2 Å². The van der Waals surface area contributed by atoms with E-state index in [1.165, 1.54) is 11.6 Å². The van der Waals surface area contributed by atoms with Crippen LogP contribution >= 0.6 is 0 Å². The molecule has 4 heteroatoms. The van der Waals surface area contributed by atoms with Gasteiger partial charge in [-0.25, -0.2) is 4.39 Å². The number of halogens is 1. The van der Waals surface area contributed by atoms with Gasteiger partial charge in [0.15, 0.2) is 0 Å². The standard InChI is InChI=1S/C13H19FN2O/c1-2-15-12(9-17)8-16-6-5-10-3-4-11(14)7-13(10)16/h3-4,7,12,15,17H,2,5-6,8-9H2,1H3. The van der Waals surface area contributed by atoms with Crippen LogP contribution < -0.4 is 10.2 Å². The van der Waals surface area contributed by atoms with Crippen LogP contribution in [0.25, 0.3) is 0 Å². The monoisotopic (exact) mass is 238 g/mol. The molecule has 1 unspecified atom stereocenters. The Hall–Kier alpha value is -1.13. The summed E-state index contributed by atoms with van der Waals surface area (Å²) in [7, 11) is 0. The highest BCUT2D eigenvalue weighted by Gasteiger charge is 2.21. The molecule has 0 radical (unpaired) electrons. The molecule has 2 N–H and O–H groups in total. The van der Waals surface area contributed by atoms with Crippen LogP contribution in [0.5, 0.6) is 0 Å². The van der Waals surface area contributed by atoms with Crippen LogP contribution in [0.1, 0.15) is 12.5 Å². The Morgan fingerprint density at radius 1 is 1.53 bits per heavy atom. The number of anilines is 1. The van der Waals surface area contributed by atoms with Crippen molar-refractivity contribution < 1.29 is 9.50 Å². The molecule has 1 aromatic carbocycles. The number of aliphatic hydroxyl groups is 1. The molecule has 0 fully saturated rings. The van der Waals surface area contributed by atoms with Gasteiger partial charge in [0, 0.05) is 24.8 Å². The fraction of sp³-hybridized carbons (Fsp3) is 0.538. The molecule has 1 heterocycles. The third-order valence-electron chi connectivity index (χ3n) is 3.19. The highest BCUT2D eigenvalue weighted by Crippen LogP contribution is 2.28. The molecule has 0 amide bonds. The van der Waals surface area contributed by atoms with E-state index in [1.807, 2.05) is 13.0 Å². The number of fused-ring (bicyclic) bond motifs is 1. The smallest absolute Gasteiger partial charge is 0.125 e. The number of hydrogen-bond donors (Lipinski definition) is 2.